The third-order valence-electron chi connectivity index (χ3n) is 6.80. The topological polar surface area (TPSA) is 77.8 Å². The Morgan fingerprint density at radius 3 is 2.65 bits per heavy atom. The van der Waals surface area contributed by atoms with Gasteiger partial charge in [-0.15, -0.1) is 0 Å². The molecule has 0 aromatic heterocycles. The van der Waals surface area contributed by atoms with Crippen LogP contribution in [0.2, 0.25) is 0 Å². The number of allylic oxidation sites excluding steroid dienone is 1. The van der Waals surface area contributed by atoms with Crippen LogP contribution in [0.5, 0.6) is 0 Å². The zero-order valence-electron chi connectivity index (χ0n) is 20.4. The van der Waals surface area contributed by atoms with E-state index in [4.69, 9.17) is 16.1 Å². The molecule has 2 aromatic carbocycles. The van der Waals surface area contributed by atoms with E-state index in [0.29, 0.717) is 17.6 Å². The number of benzene rings is 2. The van der Waals surface area contributed by atoms with Crippen molar-refractivity contribution in [3.8, 4) is 0 Å². The number of fused-ring (bicyclic) bond motifs is 2. The van der Waals surface area contributed by atoms with E-state index in [-0.39, 0.29) is 5.92 Å². The monoisotopic (exact) mass is 473 g/mol. The first-order valence-electron chi connectivity index (χ1n) is 12.2. The smallest absolute Gasteiger partial charge is 0.148 e. The normalized spacial score (nSPS) is 19.8. The van der Waals surface area contributed by atoms with Gasteiger partial charge >= 0.3 is 0 Å². The van der Waals surface area contributed by atoms with Gasteiger partial charge in [0.1, 0.15) is 11.7 Å². The lowest BCUT2D eigenvalue weighted by atomic mass is 9.79. The molecule has 4 rings (SSSR count). The molecule has 0 spiro atoms. The average Bonchev–Trinajstić information content (AvgIpc) is 2.86. The molecule has 0 amide bonds. The maximum atomic E-state index is 8.00. The molecule has 6 heteroatoms. The van der Waals surface area contributed by atoms with Crippen LogP contribution in [0.1, 0.15) is 56.9 Å². The number of aliphatic imine (C=N–C) groups is 2. The molecule has 34 heavy (non-hydrogen) atoms. The maximum absolute atomic E-state index is 8.00. The van der Waals surface area contributed by atoms with Crippen molar-refractivity contribution < 1.29 is 0 Å². The number of anilines is 2. The van der Waals surface area contributed by atoms with Crippen LogP contribution < -0.4 is 10.6 Å². The molecule has 2 aromatic rings. The highest BCUT2D eigenvalue weighted by Gasteiger charge is 2.27. The fraction of sp³-hybridized carbons (Fsp3) is 0.393. The largest absolute Gasteiger partial charge is 0.387 e. The van der Waals surface area contributed by atoms with Crippen molar-refractivity contribution in [2.24, 2.45) is 21.6 Å². The highest BCUT2D eigenvalue weighted by Crippen LogP contribution is 2.48. The zero-order chi connectivity index (χ0) is 24.1. The summed E-state index contributed by atoms with van der Waals surface area (Å²) in [6, 6.07) is 15.3. The van der Waals surface area contributed by atoms with Crippen molar-refractivity contribution in [2.75, 3.05) is 19.0 Å². The van der Waals surface area contributed by atoms with Crippen molar-refractivity contribution in [3.63, 3.8) is 0 Å². The Kier molecular flexibility index (Phi) is 7.88. The second-order valence-corrected chi connectivity index (χ2v) is 10.2. The Labute approximate surface area is 207 Å². The van der Waals surface area contributed by atoms with E-state index in [2.05, 4.69) is 72.4 Å². The molecule has 1 aliphatic carbocycles. The molecular weight excluding hydrogens is 438 g/mol. The molecule has 1 saturated carbocycles. The number of nitrogens with zero attached hydrogens (tertiary/aromatic N) is 3. The molecule has 5 nitrogen and oxygen atoms in total. The minimum atomic E-state index is 0.0185. The summed E-state index contributed by atoms with van der Waals surface area (Å²) in [5, 5.41) is 8.00. The summed E-state index contributed by atoms with van der Waals surface area (Å²) < 4.78 is 0. The van der Waals surface area contributed by atoms with E-state index in [0.717, 1.165) is 44.2 Å². The molecule has 1 fully saturated rings. The van der Waals surface area contributed by atoms with Crippen LogP contribution in [0, 0.1) is 11.3 Å². The predicted molar refractivity (Wildman–Crippen MR) is 147 cm³/mol. The van der Waals surface area contributed by atoms with Gasteiger partial charge in [-0.3, -0.25) is 4.99 Å². The van der Waals surface area contributed by atoms with E-state index in [1.807, 2.05) is 17.8 Å². The van der Waals surface area contributed by atoms with Gasteiger partial charge in [-0.2, -0.15) is 0 Å². The quantitative estimate of drug-likeness (QED) is 0.352. The molecule has 1 unspecified atom stereocenters. The van der Waals surface area contributed by atoms with Crippen molar-refractivity contribution >= 4 is 40.5 Å². The maximum Gasteiger partial charge on any atom is 0.148 e. The predicted octanol–water partition coefficient (Wildman–Crippen LogP) is 6.95. The summed E-state index contributed by atoms with van der Waals surface area (Å²) in [5.74, 6) is 1.85. The molecule has 0 radical (unpaired) electrons. The standard InChI is InChI=1S/C28H35N5S/c1-4-5-10-27(31-2)32-28(30)22(17-19-11-14-21(29)15-12-19)20-13-16-26-24(18-20)33(3)23-8-6-7-9-25(23)34-26/h5-10,13,16,18-19,22,29H,4,11-12,14-15,17H2,1-3H3,(H2,30,31,32)/b10-5-,29-21?. The molecule has 0 bridgehead atoms. The molecule has 1 aliphatic heterocycles. The van der Waals surface area contributed by atoms with Gasteiger partial charge in [0.2, 0.25) is 0 Å². The van der Waals surface area contributed by atoms with E-state index >= 15 is 0 Å². The zero-order valence-corrected chi connectivity index (χ0v) is 21.2. The molecule has 178 valence electrons. The van der Waals surface area contributed by atoms with Gasteiger partial charge in [-0.25, -0.2) is 4.99 Å². The molecule has 2 aliphatic rings. The first-order valence-corrected chi connectivity index (χ1v) is 13.0. The minimum Gasteiger partial charge on any atom is -0.387 e. The van der Waals surface area contributed by atoms with Gasteiger partial charge in [0.25, 0.3) is 0 Å². The number of para-hydroxylation sites is 1. The summed E-state index contributed by atoms with van der Waals surface area (Å²) in [6.45, 7) is 2.10. The SMILES string of the molecule is CC/C=C\C(=NC)N=C(N)C(CC1CCC(=N)CC1)c1ccc2c(c1)N(C)c1ccccc1S2. The van der Waals surface area contributed by atoms with Crippen molar-refractivity contribution in [1.82, 2.24) is 0 Å². The Bertz CT molecular complexity index is 1120. The minimum absolute atomic E-state index is 0.0185. The Hall–Kier alpha value is -2.86. The Morgan fingerprint density at radius 1 is 1.18 bits per heavy atom. The first kappa shape index (κ1) is 24.3. The van der Waals surface area contributed by atoms with Crippen molar-refractivity contribution in [1.29, 1.82) is 5.41 Å². The van der Waals surface area contributed by atoms with E-state index < -0.39 is 0 Å². The van der Waals surface area contributed by atoms with Crippen LogP contribution in [0.3, 0.4) is 0 Å². The van der Waals surface area contributed by atoms with Gasteiger partial charge < -0.3 is 16.0 Å². The van der Waals surface area contributed by atoms with E-state index in [1.54, 1.807) is 7.05 Å². The van der Waals surface area contributed by atoms with Crippen LogP contribution in [0.4, 0.5) is 11.4 Å². The molecule has 1 heterocycles. The van der Waals surface area contributed by atoms with Gasteiger partial charge in [0, 0.05) is 35.5 Å². The van der Waals surface area contributed by atoms with Crippen LogP contribution in [0.25, 0.3) is 0 Å². The second kappa shape index (κ2) is 11.0. The van der Waals surface area contributed by atoms with E-state index in [1.165, 1.54) is 26.7 Å². The molecular formula is C28H35N5S. The lowest BCUT2D eigenvalue weighted by Gasteiger charge is -2.31. The summed E-state index contributed by atoms with van der Waals surface area (Å²) in [4.78, 5) is 13.9. The van der Waals surface area contributed by atoms with Gasteiger partial charge in [0.05, 0.1) is 11.4 Å². The number of rotatable bonds is 6. The Balaban J connectivity index is 1.68. The number of nitrogens with two attached hydrogens (primary N) is 1. The molecule has 3 N–H and O–H groups in total. The molecule has 0 saturated heterocycles. The summed E-state index contributed by atoms with van der Waals surface area (Å²) in [6.07, 6.45) is 9.79. The van der Waals surface area contributed by atoms with Crippen LogP contribution in [-0.4, -0.2) is 31.5 Å². The third kappa shape index (κ3) is 5.44. The van der Waals surface area contributed by atoms with Crippen molar-refractivity contribution in [3.05, 3.63) is 60.2 Å². The third-order valence-corrected chi connectivity index (χ3v) is 7.93. The fourth-order valence-corrected chi connectivity index (χ4v) is 5.92. The van der Waals surface area contributed by atoms with Crippen LogP contribution >= 0.6 is 11.8 Å². The summed E-state index contributed by atoms with van der Waals surface area (Å²) in [5.41, 5.74) is 11.2. The average molecular weight is 474 g/mol. The van der Waals surface area contributed by atoms with Gasteiger partial charge in [0.15, 0.2) is 0 Å². The molecule has 1 atom stereocenters. The highest BCUT2D eigenvalue weighted by atomic mass is 32.2. The van der Waals surface area contributed by atoms with Crippen LogP contribution in [-0.2, 0) is 0 Å². The number of amidine groups is 2. The number of hydrogen-bond donors (Lipinski definition) is 2. The summed E-state index contributed by atoms with van der Waals surface area (Å²) in [7, 11) is 3.90. The van der Waals surface area contributed by atoms with Crippen molar-refractivity contribution in [2.45, 2.75) is 61.2 Å². The Morgan fingerprint density at radius 2 is 1.91 bits per heavy atom. The highest BCUT2D eigenvalue weighted by molar-refractivity contribution is 7.99. The van der Waals surface area contributed by atoms with Gasteiger partial charge in [-0.1, -0.05) is 43.0 Å². The summed E-state index contributed by atoms with van der Waals surface area (Å²) >= 11 is 1.82. The van der Waals surface area contributed by atoms with Gasteiger partial charge in [-0.05, 0) is 80.3 Å². The fourth-order valence-electron chi connectivity index (χ4n) is 4.79. The van der Waals surface area contributed by atoms with E-state index in [9.17, 15) is 0 Å². The number of hydrogen-bond acceptors (Lipinski definition) is 4. The lowest BCUT2D eigenvalue weighted by Crippen LogP contribution is -2.27. The van der Waals surface area contributed by atoms with Crippen LogP contribution in [0.15, 0.2) is 74.4 Å². The lowest BCUT2D eigenvalue weighted by molar-refractivity contribution is 0.402. The second-order valence-electron chi connectivity index (χ2n) is 9.12. The number of nitrogens with one attached hydrogen (secondary N) is 1. The first-order chi connectivity index (χ1) is 16.5.